The highest BCUT2D eigenvalue weighted by molar-refractivity contribution is 5.71. The molecular weight excluding hydrogens is 793 g/mol. The lowest BCUT2D eigenvalue weighted by atomic mass is 10.1. The van der Waals surface area contributed by atoms with Gasteiger partial charge in [0.15, 0.2) is 6.10 Å². The monoisotopic (exact) mass is 891 g/mol. The van der Waals surface area contributed by atoms with Gasteiger partial charge in [-0.2, -0.15) is 0 Å². The Bertz CT molecular complexity index is 1250. The maximum Gasteiger partial charge on any atom is 0.306 e. The normalized spacial score (nSPS) is 12.7. The van der Waals surface area contributed by atoms with Crippen LogP contribution < -0.4 is 0 Å². The number of carbonyl (C=O) groups is 3. The average molecular weight is 891 g/mol. The van der Waals surface area contributed by atoms with Crippen LogP contribution in [-0.4, -0.2) is 37.2 Å². The van der Waals surface area contributed by atoms with Gasteiger partial charge in [-0.15, -0.1) is 0 Å². The largest absolute Gasteiger partial charge is 0.462 e. The smallest absolute Gasteiger partial charge is 0.306 e. The van der Waals surface area contributed by atoms with Gasteiger partial charge in [0.25, 0.3) is 0 Å². The number of unbranched alkanes of at least 4 members (excludes halogenated alkanes) is 22. The van der Waals surface area contributed by atoms with Crippen molar-refractivity contribution in [1.82, 2.24) is 0 Å². The molecule has 0 heterocycles. The van der Waals surface area contributed by atoms with Crippen molar-refractivity contribution in [3.8, 4) is 0 Å². The Labute approximate surface area is 395 Å². The quantitative estimate of drug-likeness (QED) is 0.0262. The van der Waals surface area contributed by atoms with Crippen molar-refractivity contribution in [2.45, 2.75) is 252 Å². The van der Waals surface area contributed by atoms with E-state index in [2.05, 4.69) is 99.8 Å². The second kappa shape index (κ2) is 52.2. The van der Waals surface area contributed by atoms with Crippen LogP contribution in [0.15, 0.2) is 85.1 Å². The lowest BCUT2D eigenvalue weighted by Gasteiger charge is -2.18. The molecule has 0 aromatic heterocycles. The van der Waals surface area contributed by atoms with Crippen LogP contribution in [0.25, 0.3) is 0 Å². The van der Waals surface area contributed by atoms with Gasteiger partial charge in [0.1, 0.15) is 13.2 Å². The third kappa shape index (κ3) is 49.6. The second-order valence-electron chi connectivity index (χ2n) is 17.4. The molecule has 1 atom stereocenters. The van der Waals surface area contributed by atoms with E-state index in [-0.39, 0.29) is 44.0 Å². The number of ether oxygens (including phenoxy) is 3. The molecule has 0 aromatic carbocycles. The summed E-state index contributed by atoms with van der Waals surface area (Å²) in [4.78, 5) is 37.9. The zero-order valence-corrected chi connectivity index (χ0v) is 41.8. The molecule has 1 unspecified atom stereocenters. The van der Waals surface area contributed by atoms with E-state index in [1.54, 1.807) is 0 Å². The Morgan fingerprint density at radius 2 is 0.609 bits per heavy atom. The fourth-order valence-corrected chi connectivity index (χ4v) is 7.07. The molecule has 0 rings (SSSR count). The van der Waals surface area contributed by atoms with E-state index in [0.717, 1.165) is 70.6 Å². The average Bonchev–Trinajstić information content (AvgIpc) is 3.29. The van der Waals surface area contributed by atoms with Crippen LogP contribution in [0.2, 0.25) is 0 Å². The van der Waals surface area contributed by atoms with Gasteiger partial charge in [-0.25, -0.2) is 0 Å². The Kier molecular flexibility index (Phi) is 49.4. The number of allylic oxidation sites excluding steroid dienone is 14. The van der Waals surface area contributed by atoms with Crippen LogP contribution in [0, 0.1) is 0 Å². The molecule has 0 saturated carbocycles. The van der Waals surface area contributed by atoms with Gasteiger partial charge in [-0.05, 0) is 103 Å². The summed E-state index contributed by atoms with van der Waals surface area (Å²) in [6.07, 6.45) is 67.3. The van der Waals surface area contributed by atoms with Crippen molar-refractivity contribution in [3.05, 3.63) is 85.1 Å². The summed E-state index contributed by atoms with van der Waals surface area (Å²) in [5, 5.41) is 0. The first-order valence-corrected chi connectivity index (χ1v) is 26.6. The predicted molar refractivity (Wildman–Crippen MR) is 274 cm³/mol. The molecule has 6 nitrogen and oxygen atoms in total. The van der Waals surface area contributed by atoms with Crippen molar-refractivity contribution in [1.29, 1.82) is 0 Å². The molecular formula is C58H98O6. The minimum atomic E-state index is -0.825. The molecule has 0 amide bonds. The molecule has 366 valence electrons. The summed E-state index contributed by atoms with van der Waals surface area (Å²) < 4.78 is 16.7. The summed E-state index contributed by atoms with van der Waals surface area (Å²) in [5.41, 5.74) is 0. The fraction of sp³-hybridized carbons (Fsp3) is 0.707. The van der Waals surface area contributed by atoms with Crippen molar-refractivity contribution in [2.75, 3.05) is 13.2 Å². The van der Waals surface area contributed by atoms with E-state index in [1.165, 1.54) is 122 Å². The van der Waals surface area contributed by atoms with Gasteiger partial charge in [0, 0.05) is 19.3 Å². The van der Waals surface area contributed by atoms with Gasteiger partial charge >= 0.3 is 17.9 Å². The molecule has 0 aliphatic carbocycles. The molecule has 0 bridgehead atoms. The Morgan fingerprint density at radius 3 is 1.06 bits per heavy atom. The molecule has 6 heteroatoms. The lowest BCUT2D eigenvalue weighted by Crippen LogP contribution is -2.30. The van der Waals surface area contributed by atoms with E-state index >= 15 is 0 Å². The molecule has 0 radical (unpaired) electrons. The van der Waals surface area contributed by atoms with E-state index in [0.29, 0.717) is 19.3 Å². The minimum Gasteiger partial charge on any atom is -0.462 e. The first-order valence-electron chi connectivity index (χ1n) is 26.6. The SMILES string of the molecule is CCCCC/C=C/C/C=C/C/C=C/C/C=C/CCCC(=O)OCC(COC(=O)CC/C=C/C/C=C/CCCCCCCC)OC(=O)CCCCCCC/C=C/CCCCCCCCC. The topological polar surface area (TPSA) is 78.9 Å². The zero-order chi connectivity index (χ0) is 46.5. The molecule has 0 aliphatic heterocycles. The maximum atomic E-state index is 12.8. The van der Waals surface area contributed by atoms with Gasteiger partial charge in [-0.1, -0.05) is 209 Å². The Balaban J connectivity index is 4.54. The summed E-state index contributed by atoms with van der Waals surface area (Å²) in [6.45, 7) is 6.49. The van der Waals surface area contributed by atoms with Crippen LogP contribution >= 0.6 is 0 Å². The van der Waals surface area contributed by atoms with Gasteiger partial charge in [0.05, 0.1) is 0 Å². The second-order valence-corrected chi connectivity index (χ2v) is 17.4. The van der Waals surface area contributed by atoms with Crippen molar-refractivity contribution >= 4 is 17.9 Å². The molecule has 0 fully saturated rings. The third-order valence-electron chi connectivity index (χ3n) is 11.1. The van der Waals surface area contributed by atoms with Crippen LogP contribution in [-0.2, 0) is 28.6 Å². The van der Waals surface area contributed by atoms with Crippen LogP contribution in [0.3, 0.4) is 0 Å². The minimum absolute atomic E-state index is 0.125. The summed E-state index contributed by atoms with van der Waals surface area (Å²) in [7, 11) is 0. The van der Waals surface area contributed by atoms with Gasteiger partial charge in [-0.3, -0.25) is 14.4 Å². The van der Waals surface area contributed by atoms with E-state index < -0.39 is 6.10 Å². The maximum absolute atomic E-state index is 12.8. The Hall–Kier alpha value is -3.41. The number of rotatable bonds is 47. The highest BCUT2D eigenvalue weighted by Crippen LogP contribution is 2.13. The molecule has 0 N–H and O–H groups in total. The number of esters is 3. The standard InChI is InChI=1S/C58H98O6/c1-4-7-10-13-16-19-22-25-27-29-31-33-36-39-42-45-48-51-57(60)63-54-55(53-62-56(59)50-47-44-41-38-35-32-24-21-18-15-12-9-6-3)64-58(61)52-49-46-43-40-37-34-30-28-26-23-20-17-14-11-8-5-2/h16,19,25,27-28,30-33,35,39,41-42,44,55H,4-15,17-18,20-24,26,29,34,36-38,40,43,45-54H2,1-3H3/b19-16+,27-25+,30-28+,33-31+,35-32+,42-39+,44-41+. The molecule has 0 saturated heterocycles. The van der Waals surface area contributed by atoms with Crippen LogP contribution in [0.1, 0.15) is 245 Å². The van der Waals surface area contributed by atoms with Crippen LogP contribution in [0.5, 0.6) is 0 Å². The summed E-state index contributed by atoms with van der Waals surface area (Å²) in [6, 6.07) is 0. The van der Waals surface area contributed by atoms with Crippen molar-refractivity contribution < 1.29 is 28.6 Å². The van der Waals surface area contributed by atoms with E-state index in [1.807, 2.05) is 6.08 Å². The number of hydrogen-bond donors (Lipinski definition) is 0. The van der Waals surface area contributed by atoms with Gasteiger partial charge in [0.2, 0.25) is 0 Å². The number of hydrogen-bond acceptors (Lipinski definition) is 6. The third-order valence-corrected chi connectivity index (χ3v) is 11.1. The Morgan fingerprint density at radius 1 is 0.312 bits per heavy atom. The number of carbonyl (C=O) groups excluding carboxylic acids is 3. The first-order chi connectivity index (χ1) is 31.5. The highest BCUT2D eigenvalue weighted by atomic mass is 16.6. The van der Waals surface area contributed by atoms with Crippen LogP contribution in [0.4, 0.5) is 0 Å². The summed E-state index contributed by atoms with van der Waals surface area (Å²) >= 11 is 0. The van der Waals surface area contributed by atoms with Crippen molar-refractivity contribution in [3.63, 3.8) is 0 Å². The predicted octanol–water partition coefficient (Wildman–Crippen LogP) is 17.6. The van der Waals surface area contributed by atoms with Crippen molar-refractivity contribution in [2.24, 2.45) is 0 Å². The molecule has 0 spiro atoms. The molecule has 0 aromatic rings. The zero-order valence-electron chi connectivity index (χ0n) is 41.8. The van der Waals surface area contributed by atoms with Gasteiger partial charge < -0.3 is 14.2 Å². The van der Waals surface area contributed by atoms with E-state index in [9.17, 15) is 14.4 Å². The molecule has 64 heavy (non-hydrogen) atoms. The van der Waals surface area contributed by atoms with E-state index in [4.69, 9.17) is 14.2 Å². The lowest BCUT2D eigenvalue weighted by molar-refractivity contribution is -0.166. The molecule has 0 aliphatic rings. The summed E-state index contributed by atoms with van der Waals surface area (Å²) in [5.74, 6) is -1.05. The highest BCUT2D eigenvalue weighted by Gasteiger charge is 2.19. The fourth-order valence-electron chi connectivity index (χ4n) is 7.07. The first kappa shape index (κ1) is 60.6.